The van der Waals surface area contributed by atoms with E-state index >= 15 is 0 Å². The summed E-state index contributed by atoms with van der Waals surface area (Å²) < 4.78 is 2.09. The number of aromatic nitrogens is 4. The van der Waals surface area contributed by atoms with Gasteiger partial charge in [0, 0.05) is 23.8 Å². The zero-order valence-electron chi connectivity index (χ0n) is 14.5. The largest absolute Gasteiger partial charge is 0.330 e. The van der Waals surface area contributed by atoms with Crippen molar-refractivity contribution in [2.45, 2.75) is 46.1 Å². The SMILES string of the molecule is Cc1nn(CCCCCCN)c(C)c1-c1ncc2ccccc2n1. The van der Waals surface area contributed by atoms with E-state index in [-0.39, 0.29) is 0 Å². The fraction of sp³-hybridized carbons (Fsp3) is 0.421. The number of nitrogens with two attached hydrogens (primary N) is 1. The summed E-state index contributed by atoms with van der Waals surface area (Å²) in [7, 11) is 0. The lowest BCUT2D eigenvalue weighted by Crippen LogP contribution is -2.04. The van der Waals surface area contributed by atoms with Crippen molar-refractivity contribution >= 4 is 10.9 Å². The minimum Gasteiger partial charge on any atom is -0.330 e. The van der Waals surface area contributed by atoms with E-state index in [1.54, 1.807) is 0 Å². The smallest absolute Gasteiger partial charge is 0.163 e. The first-order chi connectivity index (χ1) is 11.7. The van der Waals surface area contributed by atoms with Crippen LogP contribution in [0.15, 0.2) is 30.5 Å². The lowest BCUT2D eigenvalue weighted by atomic mass is 10.1. The number of hydrogen-bond acceptors (Lipinski definition) is 4. The van der Waals surface area contributed by atoms with Gasteiger partial charge in [-0.2, -0.15) is 5.10 Å². The van der Waals surface area contributed by atoms with Crippen molar-refractivity contribution in [1.29, 1.82) is 0 Å². The topological polar surface area (TPSA) is 69.6 Å². The molecule has 0 unspecified atom stereocenters. The molecule has 24 heavy (non-hydrogen) atoms. The Morgan fingerprint density at radius 2 is 1.83 bits per heavy atom. The van der Waals surface area contributed by atoms with Crippen LogP contribution in [0, 0.1) is 13.8 Å². The van der Waals surface area contributed by atoms with Crippen molar-refractivity contribution in [3.05, 3.63) is 41.9 Å². The van der Waals surface area contributed by atoms with Crippen molar-refractivity contribution in [2.24, 2.45) is 5.73 Å². The third kappa shape index (κ3) is 3.46. The normalized spacial score (nSPS) is 11.3. The maximum absolute atomic E-state index is 5.54. The monoisotopic (exact) mass is 323 g/mol. The fourth-order valence-corrected chi connectivity index (χ4v) is 3.09. The van der Waals surface area contributed by atoms with Gasteiger partial charge in [-0.15, -0.1) is 0 Å². The average molecular weight is 323 g/mol. The molecule has 126 valence electrons. The number of fused-ring (bicyclic) bond motifs is 1. The minimum absolute atomic E-state index is 0.762. The van der Waals surface area contributed by atoms with Crippen LogP contribution in [0.1, 0.15) is 37.1 Å². The summed E-state index contributed by atoms with van der Waals surface area (Å²) in [4.78, 5) is 9.28. The summed E-state index contributed by atoms with van der Waals surface area (Å²) >= 11 is 0. The van der Waals surface area contributed by atoms with Gasteiger partial charge in [0.15, 0.2) is 5.82 Å². The zero-order valence-corrected chi connectivity index (χ0v) is 14.5. The Morgan fingerprint density at radius 1 is 1.04 bits per heavy atom. The Morgan fingerprint density at radius 3 is 2.67 bits per heavy atom. The van der Waals surface area contributed by atoms with E-state index < -0.39 is 0 Å². The maximum Gasteiger partial charge on any atom is 0.163 e. The molecule has 0 aliphatic rings. The first kappa shape index (κ1) is 16.6. The molecular weight excluding hydrogens is 298 g/mol. The standard InChI is InChI=1S/C19H25N5/c1-14-18(15(2)24(23-14)12-8-4-3-7-11-20)19-21-13-16-9-5-6-10-17(16)22-19/h5-6,9-10,13H,3-4,7-8,11-12,20H2,1-2H3. The predicted octanol–water partition coefficient (Wildman–Crippen LogP) is 3.63. The molecule has 0 aliphatic carbocycles. The summed E-state index contributed by atoms with van der Waals surface area (Å²) in [5.74, 6) is 0.762. The van der Waals surface area contributed by atoms with Crippen LogP contribution in [0.4, 0.5) is 0 Å². The molecule has 5 nitrogen and oxygen atoms in total. The molecule has 3 rings (SSSR count). The van der Waals surface area contributed by atoms with Crippen LogP contribution < -0.4 is 5.73 Å². The van der Waals surface area contributed by atoms with Gasteiger partial charge in [0.1, 0.15) is 0 Å². The first-order valence-electron chi connectivity index (χ1n) is 8.67. The molecule has 1 aromatic carbocycles. The third-order valence-electron chi connectivity index (χ3n) is 4.42. The summed E-state index contributed by atoms with van der Waals surface area (Å²) in [5, 5.41) is 5.76. The van der Waals surface area contributed by atoms with Crippen molar-refractivity contribution in [1.82, 2.24) is 19.7 Å². The molecule has 5 heteroatoms. The number of benzene rings is 1. The second-order valence-corrected chi connectivity index (χ2v) is 6.22. The molecular formula is C19H25N5. The van der Waals surface area contributed by atoms with Crippen LogP contribution in [0.2, 0.25) is 0 Å². The lowest BCUT2D eigenvalue weighted by molar-refractivity contribution is 0.526. The van der Waals surface area contributed by atoms with Crippen LogP contribution in [-0.4, -0.2) is 26.3 Å². The highest BCUT2D eigenvalue weighted by molar-refractivity contribution is 5.79. The number of para-hydroxylation sites is 1. The van der Waals surface area contributed by atoms with E-state index in [2.05, 4.69) is 16.6 Å². The van der Waals surface area contributed by atoms with Crippen LogP contribution in [0.3, 0.4) is 0 Å². The maximum atomic E-state index is 5.54. The van der Waals surface area contributed by atoms with Crippen molar-refractivity contribution in [3.63, 3.8) is 0 Å². The molecule has 0 amide bonds. The molecule has 0 aliphatic heterocycles. The highest BCUT2D eigenvalue weighted by atomic mass is 15.3. The quantitative estimate of drug-likeness (QED) is 0.674. The Bertz CT molecular complexity index is 822. The number of rotatable bonds is 7. The van der Waals surface area contributed by atoms with Gasteiger partial charge in [-0.05, 0) is 39.3 Å². The molecule has 0 spiro atoms. The summed E-state index contributed by atoms with van der Waals surface area (Å²) in [6, 6.07) is 8.06. The lowest BCUT2D eigenvalue weighted by Gasteiger charge is -2.06. The second kappa shape index (κ2) is 7.53. The first-order valence-corrected chi connectivity index (χ1v) is 8.67. The molecule has 0 fully saturated rings. The number of nitrogens with zero attached hydrogens (tertiary/aromatic N) is 4. The highest BCUT2D eigenvalue weighted by Gasteiger charge is 2.16. The van der Waals surface area contributed by atoms with Crippen molar-refractivity contribution < 1.29 is 0 Å². The van der Waals surface area contributed by atoms with Gasteiger partial charge in [-0.25, -0.2) is 9.97 Å². The van der Waals surface area contributed by atoms with Gasteiger partial charge in [0.25, 0.3) is 0 Å². The van der Waals surface area contributed by atoms with Gasteiger partial charge in [0.05, 0.1) is 16.8 Å². The van der Waals surface area contributed by atoms with E-state index in [0.29, 0.717) is 0 Å². The fourth-order valence-electron chi connectivity index (χ4n) is 3.09. The molecule has 0 atom stereocenters. The van der Waals surface area contributed by atoms with Crippen LogP contribution >= 0.6 is 0 Å². The molecule has 2 N–H and O–H groups in total. The second-order valence-electron chi connectivity index (χ2n) is 6.22. The Balaban J connectivity index is 1.82. The van der Waals surface area contributed by atoms with Crippen LogP contribution in [0.25, 0.3) is 22.3 Å². The predicted molar refractivity (Wildman–Crippen MR) is 97.8 cm³/mol. The Labute approximate surface area is 142 Å². The Kier molecular flexibility index (Phi) is 5.20. The summed E-state index contributed by atoms with van der Waals surface area (Å²) in [6.07, 6.45) is 6.50. The van der Waals surface area contributed by atoms with Crippen molar-refractivity contribution in [2.75, 3.05) is 6.54 Å². The molecule has 0 saturated carbocycles. The molecule has 2 aromatic heterocycles. The van der Waals surface area contributed by atoms with E-state index in [0.717, 1.165) is 59.6 Å². The van der Waals surface area contributed by atoms with Gasteiger partial charge < -0.3 is 5.73 Å². The molecule has 0 saturated heterocycles. The zero-order chi connectivity index (χ0) is 16.9. The molecule has 2 heterocycles. The van der Waals surface area contributed by atoms with Crippen molar-refractivity contribution in [3.8, 4) is 11.4 Å². The van der Waals surface area contributed by atoms with Gasteiger partial charge >= 0.3 is 0 Å². The average Bonchev–Trinajstić information content (AvgIpc) is 2.88. The Hall–Kier alpha value is -2.27. The molecule has 0 bridgehead atoms. The van der Waals surface area contributed by atoms with Gasteiger partial charge in [-0.3, -0.25) is 4.68 Å². The van der Waals surface area contributed by atoms with E-state index in [4.69, 9.17) is 15.8 Å². The number of aryl methyl sites for hydroxylation is 2. The van der Waals surface area contributed by atoms with Gasteiger partial charge in [-0.1, -0.05) is 31.0 Å². The van der Waals surface area contributed by atoms with E-state index in [9.17, 15) is 0 Å². The number of unbranched alkanes of at least 4 members (excludes halogenated alkanes) is 3. The van der Waals surface area contributed by atoms with Crippen LogP contribution in [0.5, 0.6) is 0 Å². The molecule has 3 aromatic rings. The number of hydrogen-bond donors (Lipinski definition) is 1. The van der Waals surface area contributed by atoms with E-state index in [1.807, 2.05) is 37.4 Å². The van der Waals surface area contributed by atoms with E-state index in [1.165, 1.54) is 12.8 Å². The summed E-state index contributed by atoms with van der Waals surface area (Å²) in [6.45, 7) is 5.85. The molecule has 0 radical (unpaired) electrons. The highest BCUT2D eigenvalue weighted by Crippen LogP contribution is 2.25. The minimum atomic E-state index is 0.762. The summed E-state index contributed by atoms with van der Waals surface area (Å²) in [5.41, 5.74) is 9.70. The van der Waals surface area contributed by atoms with Gasteiger partial charge in [0.2, 0.25) is 0 Å². The van der Waals surface area contributed by atoms with Crippen LogP contribution in [-0.2, 0) is 6.54 Å². The third-order valence-corrected chi connectivity index (χ3v) is 4.42.